The lowest BCUT2D eigenvalue weighted by Crippen LogP contribution is -2.39. The maximum Gasteiger partial charge on any atom is 0.244 e. The molecule has 0 bridgehead atoms. The first-order valence-electron chi connectivity index (χ1n) is 5.18. The van der Waals surface area contributed by atoms with Gasteiger partial charge in [-0.3, -0.25) is 0 Å². The highest BCUT2D eigenvalue weighted by Crippen LogP contribution is 2.27. The number of rotatable bonds is 4. The summed E-state index contributed by atoms with van der Waals surface area (Å²) in [5.74, 6) is 0. The molecule has 0 fully saturated rings. The molecule has 0 saturated carbocycles. The lowest BCUT2D eigenvalue weighted by Gasteiger charge is -2.25. The summed E-state index contributed by atoms with van der Waals surface area (Å²) in [6.45, 7) is 3.08. The predicted molar refractivity (Wildman–Crippen MR) is 75.3 cm³/mol. The van der Waals surface area contributed by atoms with Crippen LogP contribution in [-0.4, -0.2) is 37.0 Å². The van der Waals surface area contributed by atoms with Gasteiger partial charge >= 0.3 is 0 Å². The van der Waals surface area contributed by atoms with Crippen LogP contribution >= 0.6 is 27.5 Å². The van der Waals surface area contributed by atoms with Crippen molar-refractivity contribution in [1.29, 1.82) is 0 Å². The minimum absolute atomic E-state index is 0.0122. The number of sulfonamides is 1. The first-order chi connectivity index (χ1) is 8.04. The van der Waals surface area contributed by atoms with E-state index in [0.29, 0.717) is 4.47 Å². The van der Waals surface area contributed by atoms with Crippen LogP contribution in [0, 0.1) is 0 Å². The fraction of sp³-hybridized carbons (Fsp3) is 0.455. The average molecular weight is 357 g/mol. The summed E-state index contributed by atoms with van der Waals surface area (Å²) in [5, 5.41) is 9.81. The van der Waals surface area contributed by atoms with Crippen molar-refractivity contribution in [2.45, 2.75) is 24.3 Å². The van der Waals surface area contributed by atoms with Crippen LogP contribution in [0.2, 0.25) is 5.02 Å². The Kier molecular flexibility index (Phi) is 4.83. The smallest absolute Gasteiger partial charge is 0.244 e. The number of nitrogens with zero attached hydrogens (tertiary/aromatic N) is 1. The molecule has 1 rings (SSSR count). The molecule has 0 aliphatic rings. The van der Waals surface area contributed by atoms with E-state index in [9.17, 15) is 13.5 Å². The van der Waals surface area contributed by atoms with Gasteiger partial charge in [0.25, 0.3) is 0 Å². The number of aliphatic hydroxyl groups is 1. The largest absolute Gasteiger partial charge is 0.389 e. The lowest BCUT2D eigenvalue weighted by atomic mass is 10.1. The van der Waals surface area contributed by atoms with Crippen molar-refractivity contribution in [2.75, 3.05) is 13.6 Å². The monoisotopic (exact) mass is 355 g/mol. The second kappa shape index (κ2) is 5.46. The third kappa shape index (κ3) is 3.93. The van der Waals surface area contributed by atoms with Crippen molar-refractivity contribution < 1.29 is 13.5 Å². The van der Waals surface area contributed by atoms with Gasteiger partial charge in [-0.05, 0) is 32.0 Å². The van der Waals surface area contributed by atoms with Crippen molar-refractivity contribution in [3.05, 3.63) is 27.7 Å². The fourth-order valence-corrected chi connectivity index (χ4v) is 3.82. The van der Waals surface area contributed by atoms with Crippen molar-refractivity contribution >= 4 is 37.6 Å². The van der Waals surface area contributed by atoms with Gasteiger partial charge in [0.1, 0.15) is 4.90 Å². The SMILES string of the molecule is CN(CC(C)(C)O)S(=O)(=O)c1ccc(Br)cc1Cl. The molecule has 0 aromatic heterocycles. The Morgan fingerprint density at radius 1 is 1.44 bits per heavy atom. The molecule has 0 saturated heterocycles. The van der Waals surface area contributed by atoms with Crippen LogP contribution in [0.15, 0.2) is 27.6 Å². The van der Waals surface area contributed by atoms with Gasteiger partial charge in [-0.2, -0.15) is 4.31 Å². The molecule has 7 heteroatoms. The molecule has 1 aromatic rings. The van der Waals surface area contributed by atoms with Gasteiger partial charge in [0.15, 0.2) is 0 Å². The molecular formula is C11H15BrClNO3S. The molecule has 18 heavy (non-hydrogen) atoms. The standard InChI is InChI=1S/C11H15BrClNO3S/c1-11(2,15)7-14(3)18(16,17)10-5-4-8(12)6-9(10)13/h4-6,15H,7H2,1-3H3. The summed E-state index contributed by atoms with van der Waals surface area (Å²) in [7, 11) is -2.29. The molecule has 0 spiro atoms. The molecule has 0 radical (unpaired) electrons. The van der Waals surface area contributed by atoms with E-state index in [1.54, 1.807) is 19.9 Å². The Bertz CT molecular complexity index is 540. The molecule has 0 aliphatic carbocycles. The molecule has 1 aromatic carbocycles. The van der Waals surface area contributed by atoms with Crippen LogP contribution in [0.5, 0.6) is 0 Å². The van der Waals surface area contributed by atoms with Gasteiger partial charge < -0.3 is 5.11 Å². The quantitative estimate of drug-likeness (QED) is 0.902. The summed E-state index contributed by atoms with van der Waals surface area (Å²) in [5.41, 5.74) is -1.11. The third-order valence-electron chi connectivity index (χ3n) is 2.19. The number of benzene rings is 1. The van der Waals surface area contributed by atoms with E-state index in [4.69, 9.17) is 11.6 Å². The van der Waals surface area contributed by atoms with Gasteiger partial charge in [-0.15, -0.1) is 0 Å². The van der Waals surface area contributed by atoms with Gasteiger partial charge in [0.05, 0.1) is 10.6 Å². The Morgan fingerprint density at radius 3 is 2.44 bits per heavy atom. The van der Waals surface area contributed by atoms with Gasteiger partial charge in [-0.25, -0.2) is 8.42 Å². The zero-order valence-electron chi connectivity index (χ0n) is 10.3. The highest BCUT2D eigenvalue weighted by atomic mass is 79.9. The lowest BCUT2D eigenvalue weighted by molar-refractivity contribution is 0.0640. The highest BCUT2D eigenvalue weighted by molar-refractivity contribution is 9.10. The van der Waals surface area contributed by atoms with E-state index in [0.717, 1.165) is 4.31 Å². The van der Waals surface area contributed by atoms with Crippen molar-refractivity contribution in [1.82, 2.24) is 4.31 Å². The number of hydrogen-bond donors (Lipinski definition) is 1. The van der Waals surface area contributed by atoms with Crippen LogP contribution in [0.4, 0.5) is 0 Å². The molecule has 0 unspecified atom stereocenters. The van der Waals surface area contributed by atoms with Crippen LogP contribution in [0.1, 0.15) is 13.8 Å². The molecular weight excluding hydrogens is 342 g/mol. The van der Waals surface area contributed by atoms with E-state index in [2.05, 4.69) is 15.9 Å². The van der Waals surface area contributed by atoms with Crippen molar-refractivity contribution in [3.63, 3.8) is 0 Å². The summed E-state index contributed by atoms with van der Waals surface area (Å²) in [6, 6.07) is 4.56. The Hall–Kier alpha value is -0.140. The minimum Gasteiger partial charge on any atom is -0.389 e. The normalized spacial score (nSPS) is 13.1. The summed E-state index contributed by atoms with van der Waals surface area (Å²) < 4.78 is 26.3. The van der Waals surface area contributed by atoms with Gasteiger partial charge in [-0.1, -0.05) is 27.5 Å². The minimum atomic E-state index is -3.70. The molecule has 0 amide bonds. The van der Waals surface area contributed by atoms with E-state index in [1.165, 1.54) is 19.2 Å². The van der Waals surface area contributed by atoms with Crippen LogP contribution in [0.3, 0.4) is 0 Å². The zero-order chi connectivity index (χ0) is 14.1. The molecule has 0 atom stereocenters. The Morgan fingerprint density at radius 2 is 2.00 bits per heavy atom. The van der Waals surface area contributed by atoms with E-state index >= 15 is 0 Å². The van der Waals surface area contributed by atoms with Crippen molar-refractivity contribution in [3.8, 4) is 0 Å². The van der Waals surface area contributed by atoms with Crippen LogP contribution < -0.4 is 0 Å². The number of halogens is 2. The number of likely N-dealkylation sites (N-methyl/N-ethyl adjacent to an activating group) is 1. The first-order valence-corrected chi connectivity index (χ1v) is 7.79. The third-order valence-corrected chi connectivity index (χ3v) is 4.97. The Balaban J connectivity index is 3.14. The molecule has 0 aliphatic heterocycles. The second-order valence-electron chi connectivity index (χ2n) is 4.65. The summed E-state index contributed by atoms with van der Waals surface area (Å²) in [4.78, 5) is 0.0270. The van der Waals surface area contributed by atoms with Gasteiger partial charge in [0.2, 0.25) is 10.0 Å². The first kappa shape index (κ1) is 15.9. The topological polar surface area (TPSA) is 57.6 Å². The van der Waals surface area contributed by atoms with E-state index in [1.807, 2.05) is 0 Å². The van der Waals surface area contributed by atoms with Gasteiger partial charge in [0, 0.05) is 18.1 Å². The van der Waals surface area contributed by atoms with Crippen LogP contribution in [-0.2, 0) is 10.0 Å². The average Bonchev–Trinajstić information content (AvgIpc) is 2.13. The summed E-state index contributed by atoms with van der Waals surface area (Å²) in [6.07, 6.45) is 0. The fourth-order valence-electron chi connectivity index (χ4n) is 1.48. The molecule has 0 heterocycles. The maximum absolute atomic E-state index is 12.3. The highest BCUT2D eigenvalue weighted by Gasteiger charge is 2.28. The Labute approximate surface area is 121 Å². The molecule has 1 N–H and O–H groups in total. The van der Waals surface area contributed by atoms with Crippen LogP contribution in [0.25, 0.3) is 0 Å². The second-order valence-corrected chi connectivity index (χ2v) is 7.98. The maximum atomic E-state index is 12.3. The predicted octanol–water partition coefficient (Wildman–Crippen LogP) is 2.49. The summed E-state index contributed by atoms with van der Waals surface area (Å²) >= 11 is 9.15. The molecule has 102 valence electrons. The number of hydrogen-bond acceptors (Lipinski definition) is 3. The van der Waals surface area contributed by atoms with Crippen molar-refractivity contribution in [2.24, 2.45) is 0 Å². The van der Waals surface area contributed by atoms with E-state index in [-0.39, 0.29) is 16.5 Å². The molecule has 4 nitrogen and oxygen atoms in total. The van der Waals surface area contributed by atoms with E-state index < -0.39 is 15.6 Å². The zero-order valence-corrected chi connectivity index (χ0v) is 13.5.